The smallest absolute Gasteiger partial charge is 0.407 e. The van der Waals surface area contributed by atoms with Crippen molar-refractivity contribution in [3.05, 3.63) is 23.9 Å². The molecule has 12 heavy (non-hydrogen) atoms. The van der Waals surface area contributed by atoms with Gasteiger partial charge in [-0.1, -0.05) is 0 Å². The fourth-order valence-corrected chi connectivity index (χ4v) is 0.703. The highest BCUT2D eigenvalue weighted by atomic mass is 19.4. The number of hydrogen-bond acceptors (Lipinski definition) is 2. The third-order valence-corrected chi connectivity index (χ3v) is 1.33. The summed E-state index contributed by atoms with van der Waals surface area (Å²) in [4.78, 5) is 0. The standard InChI is InChI=1S/C6H5F4NO/c7-5-3(1-2-12-5)4(11)6(8,9)10/h1-2,4H,11H2. The van der Waals surface area contributed by atoms with Crippen molar-refractivity contribution in [2.75, 3.05) is 0 Å². The summed E-state index contributed by atoms with van der Waals surface area (Å²) in [5.74, 6) is 0. The molecule has 0 bridgehead atoms. The number of halogens is 4. The van der Waals surface area contributed by atoms with Crippen LogP contribution in [0.15, 0.2) is 16.7 Å². The van der Waals surface area contributed by atoms with E-state index in [0.717, 1.165) is 12.3 Å². The van der Waals surface area contributed by atoms with Gasteiger partial charge in [0.05, 0.1) is 11.8 Å². The van der Waals surface area contributed by atoms with Gasteiger partial charge in [0, 0.05) is 0 Å². The molecule has 68 valence electrons. The largest absolute Gasteiger partial charge is 0.439 e. The number of rotatable bonds is 1. The maximum Gasteiger partial charge on any atom is 0.407 e. The number of hydrogen-bond donors (Lipinski definition) is 1. The van der Waals surface area contributed by atoms with Gasteiger partial charge in [-0.25, -0.2) is 0 Å². The predicted octanol–water partition coefficient (Wildman–Crippen LogP) is 1.98. The van der Waals surface area contributed by atoms with Crippen molar-refractivity contribution in [3.8, 4) is 0 Å². The minimum absolute atomic E-state index is 0.678. The summed E-state index contributed by atoms with van der Waals surface area (Å²) in [6, 6.07) is -2.76. The molecule has 0 aromatic carbocycles. The van der Waals surface area contributed by atoms with E-state index in [9.17, 15) is 17.6 Å². The zero-order chi connectivity index (χ0) is 9.35. The summed E-state index contributed by atoms with van der Waals surface area (Å²) in [6.07, 6.45) is -3.83. The molecule has 0 saturated carbocycles. The lowest BCUT2D eigenvalue weighted by Gasteiger charge is -2.12. The number of nitrogens with two attached hydrogens (primary N) is 1. The highest BCUT2D eigenvalue weighted by Gasteiger charge is 2.40. The Bertz CT molecular complexity index is 267. The van der Waals surface area contributed by atoms with E-state index in [4.69, 9.17) is 5.73 Å². The molecule has 1 rings (SSSR count). The predicted molar refractivity (Wildman–Crippen MR) is 31.6 cm³/mol. The maximum absolute atomic E-state index is 12.4. The van der Waals surface area contributed by atoms with Crippen molar-refractivity contribution in [3.63, 3.8) is 0 Å². The van der Waals surface area contributed by atoms with Crippen LogP contribution in [0.1, 0.15) is 11.6 Å². The minimum Gasteiger partial charge on any atom is -0.439 e. The average molecular weight is 183 g/mol. The van der Waals surface area contributed by atoms with Crippen LogP contribution >= 0.6 is 0 Å². The van der Waals surface area contributed by atoms with E-state index in [-0.39, 0.29) is 0 Å². The van der Waals surface area contributed by atoms with E-state index >= 15 is 0 Å². The summed E-state index contributed by atoms with van der Waals surface area (Å²) in [5.41, 5.74) is 4.01. The van der Waals surface area contributed by atoms with Crippen LogP contribution in [0, 0.1) is 6.01 Å². The lowest BCUT2D eigenvalue weighted by atomic mass is 10.1. The van der Waals surface area contributed by atoms with Crippen molar-refractivity contribution in [2.45, 2.75) is 12.2 Å². The van der Waals surface area contributed by atoms with Crippen molar-refractivity contribution >= 4 is 0 Å². The highest BCUT2D eigenvalue weighted by Crippen LogP contribution is 2.31. The SMILES string of the molecule is NC(c1ccoc1F)C(F)(F)F. The van der Waals surface area contributed by atoms with E-state index in [2.05, 4.69) is 4.42 Å². The van der Waals surface area contributed by atoms with Crippen molar-refractivity contribution in [2.24, 2.45) is 5.73 Å². The van der Waals surface area contributed by atoms with E-state index < -0.39 is 23.8 Å². The Kier molecular flexibility index (Phi) is 2.10. The summed E-state index contributed by atoms with van der Waals surface area (Å²) >= 11 is 0. The highest BCUT2D eigenvalue weighted by molar-refractivity contribution is 5.14. The van der Waals surface area contributed by atoms with E-state index in [1.54, 1.807) is 0 Å². The summed E-state index contributed by atoms with van der Waals surface area (Å²) in [5, 5.41) is 0. The first-order chi connectivity index (χ1) is 5.43. The van der Waals surface area contributed by atoms with Crippen molar-refractivity contribution in [1.82, 2.24) is 0 Å². The monoisotopic (exact) mass is 183 g/mol. The Balaban J connectivity index is 2.92. The van der Waals surface area contributed by atoms with Gasteiger partial charge < -0.3 is 10.2 Å². The van der Waals surface area contributed by atoms with E-state index in [0.29, 0.717) is 0 Å². The van der Waals surface area contributed by atoms with Gasteiger partial charge in [0.25, 0.3) is 6.01 Å². The fourth-order valence-electron chi connectivity index (χ4n) is 0.703. The summed E-state index contributed by atoms with van der Waals surface area (Å²) < 4.78 is 52.0. The molecule has 0 spiro atoms. The molecule has 1 aromatic heterocycles. The van der Waals surface area contributed by atoms with Crippen molar-refractivity contribution in [1.29, 1.82) is 0 Å². The van der Waals surface area contributed by atoms with Crippen LogP contribution < -0.4 is 5.73 Å². The zero-order valence-electron chi connectivity index (χ0n) is 5.73. The molecule has 0 aliphatic carbocycles. The quantitative estimate of drug-likeness (QED) is 0.676. The lowest BCUT2D eigenvalue weighted by molar-refractivity contribution is -0.150. The Labute approximate surface area is 65.0 Å². The van der Waals surface area contributed by atoms with Crippen LogP contribution in [0.25, 0.3) is 0 Å². The molecule has 0 radical (unpaired) electrons. The molecule has 1 unspecified atom stereocenters. The zero-order valence-corrected chi connectivity index (χ0v) is 5.73. The maximum atomic E-state index is 12.4. The van der Waals surface area contributed by atoms with Crippen molar-refractivity contribution < 1.29 is 22.0 Å². The van der Waals surface area contributed by atoms with E-state index in [1.165, 1.54) is 0 Å². The van der Waals surface area contributed by atoms with Crippen LogP contribution in [0.5, 0.6) is 0 Å². The van der Waals surface area contributed by atoms with E-state index in [1.807, 2.05) is 0 Å². The molecule has 0 aliphatic heterocycles. The first kappa shape index (κ1) is 9.05. The molecule has 0 fully saturated rings. The third kappa shape index (κ3) is 1.58. The molecule has 0 saturated heterocycles. The minimum atomic E-state index is -4.65. The van der Waals surface area contributed by atoms with Gasteiger partial charge in [0.2, 0.25) is 0 Å². The second kappa shape index (κ2) is 2.78. The number of alkyl halides is 3. The first-order valence-electron chi connectivity index (χ1n) is 2.98. The Morgan fingerprint density at radius 2 is 2.00 bits per heavy atom. The van der Waals surface area contributed by atoms with Gasteiger partial charge in [-0.2, -0.15) is 17.6 Å². The number of furan rings is 1. The third-order valence-electron chi connectivity index (χ3n) is 1.33. The van der Waals surface area contributed by atoms with Crippen LogP contribution in [-0.4, -0.2) is 6.18 Å². The molecule has 1 aromatic rings. The van der Waals surface area contributed by atoms with Crippen LogP contribution in [0.2, 0.25) is 0 Å². The Hall–Kier alpha value is -1.04. The molecular formula is C6H5F4NO. The van der Waals surface area contributed by atoms with Gasteiger partial charge in [-0.05, 0) is 6.07 Å². The van der Waals surface area contributed by atoms with Gasteiger partial charge in [0.1, 0.15) is 6.04 Å². The second-order valence-corrected chi connectivity index (χ2v) is 2.17. The van der Waals surface area contributed by atoms with Crippen LogP contribution in [0.4, 0.5) is 17.6 Å². The lowest BCUT2D eigenvalue weighted by Crippen LogP contribution is -2.28. The molecule has 6 heteroatoms. The van der Waals surface area contributed by atoms with Gasteiger partial charge in [-0.15, -0.1) is 0 Å². The normalized spacial score (nSPS) is 14.8. The summed E-state index contributed by atoms with van der Waals surface area (Å²) in [7, 11) is 0. The second-order valence-electron chi connectivity index (χ2n) is 2.17. The Morgan fingerprint density at radius 3 is 2.33 bits per heavy atom. The van der Waals surface area contributed by atoms with Crippen LogP contribution in [-0.2, 0) is 0 Å². The molecule has 1 atom stereocenters. The van der Waals surface area contributed by atoms with Gasteiger partial charge in [0.15, 0.2) is 0 Å². The average Bonchev–Trinajstić information content (AvgIpc) is 2.31. The molecule has 2 nitrogen and oxygen atoms in total. The molecule has 0 amide bonds. The molecule has 2 N–H and O–H groups in total. The van der Waals surface area contributed by atoms with Gasteiger partial charge >= 0.3 is 6.18 Å². The molecule has 0 aliphatic rings. The molecule has 1 heterocycles. The topological polar surface area (TPSA) is 39.2 Å². The molecular weight excluding hydrogens is 178 g/mol. The summed E-state index contributed by atoms with van der Waals surface area (Å²) in [6.45, 7) is 0. The van der Waals surface area contributed by atoms with Gasteiger partial charge in [-0.3, -0.25) is 0 Å². The first-order valence-corrected chi connectivity index (χ1v) is 2.98. The van der Waals surface area contributed by atoms with Crippen LogP contribution in [0.3, 0.4) is 0 Å². The Morgan fingerprint density at radius 1 is 1.42 bits per heavy atom. The fraction of sp³-hybridized carbons (Fsp3) is 0.333.